The molecule has 110 valence electrons. The molecule has 21 heavy (non-hydrogen) atoms. The second-order valence-electron chi connectivity index (χ2n) is 4.05. The number of carbonyl (C=O) groups excluding carboxylic acids is 1. The maximum atomic E-state index is 13.3. The number of aromatic carboxylic acids is 1. The number of aromatic nitrogens is 2. The van der Waals surface area contributed by atoms with E-state index in [-0.39, 0.29) is 29.7 Å². The molecule has 0 spiro atoms. The van der Waals surface area contributed by atoms with Crippen LogP contribution in [0.1, 0.15) is 16.9 Å². The largest absolute Gasteiger partial charge is 0.477 e. The average Bonchev–Trinajstić information content (AvgIpc) is 2.89. The standard InChI is InChI=1S/C13H12FN3O3S/c14-8-3-1-2-4-10(8)21-6-5-12(18)15-11-7-9(13(19)20)16-17-11/h1-4,7H,5-6H2,(H,19,20)(H2,15,16,17,18). The SMILES string of the molecule is O=C(CCSc1ccccc1F)Nc1cc(C(=O)O)[nH]n1. The summed E-state index contributed by atoms with van der Waals surface area (Å²) in [6, 6.07) is 7.56. The van der Waals surface area contributed by atoms with Gasteiger partial charge in [0.15, 0.2) is 5.82 Å². The molecule has 1 aromatic heterocycles. The van der Waals surface area contributed by atoms with Gasteiger partial charge in [-0.2, -0.15) is 5.10 Å². The van der Waals surface area contributed by atoms with Gasteiger partial charge >= 0.3 is 5.97 Å². The van der Waals surface area contributed by atoms with E-state index in [9.17, 15) is 14.0 Å². The Balaban J connectivity index is 1.79. The van der Waals surface area contributed by atoms with E-state index in [0.29, 0.717) is 10.6 Å². The Morgan fingerprint density at radius 2 is 2.14 bits per heavy atom. The molecule has 8 heteroatoms. The van der Waals surface area contributed by atoms with Crippen LogP contribution in [0.25, 0.3) is 0 Å². The minimum Gasteiger partial charge on any atom is -0.477 e. The van der Waals surface area contributed by atoms with E-state index in [2.05, 4.69) is 15.5 Å². The zero-order valence-electron chi connectivity index (χ0n) is 10.8. The highest BCUT2D eigenvalue weighted by atomic mass is 32.2. The number of H-pyrrole nitrogens is 1. The molecule has 0 radical (unpaired) electrons. The van der Waals surface area contributed by atoms with E-state index >= 15 is 0 Å². The number of halogens is 1. The van der Waals surface area contributed by atoms with Crippen LogP contribution in [0.2, 0.25) is 0 Å². The Morgan fingerprint density at radius 1 is 1.38 bits per heavy atom. The summed E-state index contributed by atoms with van der Waals surface area (Å²) < 4.78 is 13.3. The van der Waals surface area contributed by atoms with Crippen LogP contribution >= 0.6 is 11.8 Å². The summed E-state index contributed by atoms with van der Waals surface area (Å²) in [5.41, 5.74) is -0.106. The third-order valence-corrected chi connectivity index (χ3v) is 3.55. The molecule has 0 bridgehead atoms. The Morgan fingerprint density at radius 3 is 2.81 bits per heavy atom. The smallest absolute Gasteiger partial charge is 0.353 e. The van der Waals surface area contributed by atoms with E-state index in [0.717, 1.165) is 0 Å². The summed E-state index contributed by atoms with van der Waals surface area (Å²) in [4.78, 5) is 22.8. The van der Waals surface area contributed by atoms with Crippen molar-refractivity contribution in [3.8, 4) is 0 Å². The van der Waals surface area contributed by atoms with Gasteiger partial charge < -0.3 is 10.4 Å². The number of rotatable bonds is 6. The summed E-state index contributed by atoms with van der Waals surface area (Å²) >= 11 is 1.24. The molecule has 0 aliphatic heterocycles. The lowest BCUT2D eigenvalue weighted by atomic mass is 10.3. The lowest BCUT2D eigenvalue weighted by Gasteiger charge is -2.03. The molecule has 0 fully saturated rings. The normalized spacial score (nSPS) is 10.3. The Labute approximate surface area is 123 Å². The van der Waals surface area contributed by atoms with Gasteiger partial charge in [0.2, 0.25) is 5.91 Å². The van der Waals surface area contributed by atoms with Crippen molar-refractivity contribution in [2.45, 2.75) is 11.3 Å². The third kappa shape index (κ3) is 4.32. The van der Waals surface area contributed by atoms with E-state index < -0.39 is 5.97 Å². The molecule has 0 saturated heterocycles. The number of amides is 1. The molecule has 1 aromatic carbocycles. The van der Waals surface area contributed by atoms with Crippen molar-refractivity contribution in [2.24, 2.45) is 0 Å². The third-order valence-electron chi connectivity index (χ3n) is 2.50. The summed E-state index contributed by atoms with van der Waals surface area (Å²) in [5, 5.41) is 17.1. The van der Waals surface area contributed by atoms with E-state index in [1.807, 2.05) is 0 Å². The summed E-state index contributed by atoms with van der Waals surface area (Å²) in [6.45, 7) is 0. The zero-order valence-corrected chi connectivity index (χ0v) is 11.6. The first kappa shape index (κ1) is 15.0. The number of carboxylic acid groups (broad SMARTS) is 1. The average molecular weight is 309 g/mol. The molecular weight excluding hydrogens is 297 g/mol. The van der Waals surface area contributed by atoms with Crippen molar-refractivity contribution in [3.63, 3.8) is 0 Å². The fraction of sp³-hybridized carbons (Fsp3) is 0.154. The summed E-state index contributed by atoms with van der Waals surface area (Å²) in [5.74, 6) is -1.24. The lowest BCUT2D eigenvalue weighted by Crippen LogP contribution is -2.12. The first-order chi connectivity index (χ1) is 10.1. The molecule has 0 atom stereocenters. The molecule has 0 aliphatic carbocycles. The van der Waals surface area contributed by atoms with Gasteiger partial charge in [-0.3, -0.25) is 9.89 Å². The van der Waals surface area contributed by atoms with E-state index in [1.54, 1.807) is 18.2 Å². The summed E-state index contributed by atoms with van der Waals surface area (Å²) in [7, 11) is 0. The van der Waals surface area contributed by atoms with Gasteiger partial charge in [-0.05, 0) is 12.1 Å². The van der Waals surface area contributed by atoms with Crippen LogP contribution < -0.4 is 5.32 Å². The van der Waals surface area contributed by atoms with Crippen LogP contribution in [0.4, 0.5) is 10.2 Å². The monoisotopic (exact) mass is 309 g/mol. The number of benzene rings is 1. The van der Waals surface area contributed by atoms with Crippen LogP contribution in [0, 0.1) is 5.82 Å². The van der Waals surface area contributed by atoms with Crippen molar-refractivity contribution < 1.29 is 19.1 Å². The van der Waals surface area contributed by atoms with Gasteiger partial charge in [0, 0.05) is 23.1 Å². The van der Waals surface area contributed by atoms with Gasteiger partial charge in [0.05, 0.1) is 0 Å². The maximum absolute atomic E-state index is 13.3. The minimum absolute atomic E-state index is 0.106. The molecule has 0 saturated carbocycles. The van der Waals surface area contributed by atoms with Crippen LogP contribution in [-0.4, -0.2) is 32.9 Å². The zero-order chi connectivity index (χ0) is 15.2. The molecule has 2 aromatic rings. The van der Waals surface area contributed by atoms with Crippen LogP contribution in [0.3, 0.4) is 0 Å². The van der Waals surface area contributed by atoms with Gasteiger partial charge in [0.25, 0.3) is 0 Å². The first-order valence-corrected chi connectivity index (χ1v) is 7.00. The number of hydrogen-bond donors (Lipinski definition) is 3. The van der Waals surface area contributed by atoms with Crippen LogP contribution in [-0.2, 0) is 4.79 Å². The maximum Gasteiger partial charge on any atom is 0.353 e. The quantitative estimate of drug-likeness (QED) is 0.712. The topological polar surface area (TPSA) is 95.1 Å². The Kier molecular flexibility index (Phi) is 4.94. The van der Waals surface area contributed by atoms with Crippen LogP contribution in [0.5, 0.6) is 0 Å². The molecule has 6 nitrogen and oxygen atoms in total. The predicted octanol–water partition coefficient (Wildman–Crippen LogP) is 2.37. The number of aromatic amines is 1. The molecule has 2 rings (SSSR count). The van der Waals surface area contributed by atoms with Gasteiger partial charge in [-0.25, -0.2) is 9.18 Å². The van der Waals surface area contributed by atoms with Gasteiger partial charge in [-0.1, -0.05) is 12.1 Å². The molecule has 0 unspecified atom stereocenters. The molecule has 1 amide bonds. The van der Waals surface area contributed by atoms with E-state index in [4.69, 9.17) is 5.11 Å². The van der Waals surface area contributed by atoms with Crippen molar-refractivity contribution in [2.75, 3.05) is 11.1 Å². The fourth-order valence-electron chi connectivity index (χ4n) is 1.52. The predicted molar refractivity (Wildman–Crippen MR) is 75.9 cm³/mol. The number of anilines is 1. The van der Waals surface area contributed by atoms with Gasteiger partial charge in [-0.15, -0.1) is 11.8 Å². The number of nitrogens with zero attached hydrogens (tertiary/aromatic N) is 1. The molecule has 1 heterocycles. The van der Waals surface area contributed by atoms with Crippen molar-refractivity contribution >= 4 is 29.5 Å². The number of nitrogens with one attached hydrogen (secondary N) is 2. The van der Waals surface area contributed by atoms with Crippen LogP contribution in [0.15, 0.2) is 35.2 Å². The highest BCUT2D eigenvalue weighted by Crippen LogP contribution is 2.21. The molecule has 3 N–H and O–H groups in total. The van der Waals surface area contributed by atoms with Crippen molar-refractivity contribution in [1.82, 2.24) is 10.2 Å². The Hall–Kier alpha value is -2.35. The van der Waals surface area contributed by atoms with Crippen molar-refractivity contribution in [1.29, 1.82) is 0 Å². The molecule has 0 aliphatic rings. The van der Waals surface area contributed by atoms with Crippen molar-refractivity contribution in [3.05, 3.63) is 41.8 Å². The number of carbonyl (C=O) groups is 2. The number of thioether (sulfide) groups is 1. The fourth-order valence-corrected chi connectivity index (χ4v) is 2.40. The second kappa shape index (κ2) is 6.89. The number of carboxylic acids is 1. The second-order valence-corrected chi connectivity index (χ2v) is 5.19. The number of hydrogen-bond acceptors (Lipinski definition) is 4. The molecular formula is C13H12FN3O3S. The first-order valence-electron chi connectivity index (χ1n) is 6.02. The van der Waals surface area contributed by atoms with E-state index in [1.165, 1.54) is 23.9 Å². The van der Waals surface area contributed by atoms with Gasteiger partial charge in [0.1, 0.15) is 11.5 Å². The lowest BCUT2D eigenvalue weighted by molar-refractivity contribution is -0.115. The minimum atomic E-state index is -1.15. The summed E-state index contributed by atoms with van der Waals surface area (Å²) in [6.07, 6.45) is 0.161. The Bertz CT molecular complexity index is 660. The highest BCUT2D eigenvalue weighted by molar-refractivity contribution is 7.99. The highest BCUT2D eigenvalue weighted by Gasteiger charge is 2.10.